The maximum atomic E-state index is 4.23. The lowest BCUT2D eigenvalue weighted by molar-refractivity contribution is 0.158. The number of likely N-dealkylation sites (N-methyl/N-ethyl adjacent to an activating group) is 1. The second kappa shape index (κ2) is 12.9. The van der Waals surface area contributed by atoms with Gasteiger partial charge in [0.25, 0.3) is 0 Å². The van der Waals surface area contributed by atoms with Gasteiger partial charge in [0.1, 0.15) is 0 Å². The fourth-order valence-corrected chi connectivity index (χ4v) is 3.30. The number of aryl methyl sites for hydroxylation is 1. The van der Waals surface area contributed by atoms with Gasteiger partial charge in [0.2, 0.25) is 0 Å². The van der Waals surface area contributed by atoms with Crippen LogP contribution in [0.2, 0.25) is 0 Å². The summed E-state index contributed by atoms with van der Waals surface area (Å²) in [6.07, 6.45) is 8.32. The maximum Gasteiger partial charge on any atom is 0.0303 e. The number of nitrogens with zero attached hydrogens (tertiary/aromatic N) is 2. The molecular weight excluding hydrogens is 352 g/mol. The van der Waals surface area contributed by atoms with Gasteiger partial charge >= 0.3 is 0 Å². The zero-order chi connectivity index (χ0) is 21.9. The van der Waals surface area contributed by atoms with Gasteiger partial charge < -0.3 is 9.80 Å². The van der Waals surface area contributed by atoms with Gasteiger partial charge in [0.05, 0.1) is 0 Å². The molecule has 0 spiro atoms. The number of rotatable bonds is 5. The van der Waals surface area contributed by atoms with Gasteiger partial charge in [-0.25, -0.2) is 0 Å². The normalized spacial score (nSPS) is 17.2. The summed E-state index contributed by atoms with van der Waals surface area (Å²) in [6.45, 7) is 23.5. The molecule has 0 atom stereocenters. The zero-order valence-electron chi connectivity index (χ0n) is 20.1. The van der Waals surface area contributed by atoms with Crippen LogP contribution in [0, 0.1) is 12.8 Å². The van der Waals surface area contributed by atoms with Crippen molar-refractivity contribution in [2.24, 2.45) is 5.92 Å². The minimum absolute atomic E-state index is 0.327. The quantitative estimate of drug-likeness (QED) is 0.502. The van der Waals surface area contributed by atoms with E-state index >= 15 is 0 Å². The largest absolute Gasteiger partial charge is 0.373 e. The molecular formula is C27H46N2. The van der Waals surface area contributed by atoms with Crippen molar-refractivity contribution in [2.45, 2.75) is 72.1 Å². The SMILES string of the molecule is C=C(C1CCC1)N1CCN(C)CC1.C=CCC.CCC(C)(C)c1ccc(C)cc1. The van der Waals surface area contributed by atoms with E-state index in [0.29, 0.717) is 5.41 Å². The van der Waals surface area contributed by atoms with Crippen LogP contribution in [0.15, 0.2) is 49.2 Å². The third-order valence-corrected chi connectivity index (χ3v) is 6.49. The van der Waals surface area contributed by atoms with Gasteiger partial charge in [-0.2, -0.15) is 0 Å². The highest BCUT2D eigenvalue weighted by Crippen LogP contribution is 2.34. The topological polar surface area (TPSA) is 6.48 Å². The van der Waals surface area contributed by atoms with Gasteiger partial charge in [0.15, 0.2) is 0 Å². The van der Waals surface area contributed by atoms with E-state index in [1.165, 1.54) is 68.7 Å². The van der Waals surface area contributed by atoms with Crippen molar-refractivity contribution in [3.8, 4) is 0 Å². The average molecular weight is 399 g/mol. The average Bonchev–Trinajstić information content (AvgIpc) is 2.68. The second-order valence-electron chi connectivity index (χ2n) is 9.21. The Bertz CT molecular complexity index is 587. The van der Waals surface area contributed by atoms with Crippen LogP contribution in [0.4, 0.5) is 0 Å². The fourth-order valence-electron chi connectivity index (χ4n) is 3.30. The van der Waals surface area contributed by atoms with Crippen molar-refractivity contribution in [1.82, 2.24) is 9.80 Å². The lowest BCUT2D eigenvalue weighted by Gasteiger charge is -2.40. The third kappa shape index (κ3) is 8.78. The van der Waals surface area contributed by atoms with Crippen LogP contribution in [-0.2, 0) is 5.41 Å². The molecule has 1 heterocycles. The summed E-state index contributed by atoms with van der Waals surface area (Å²) < 4.78 is 0. The molecule has 2 heteroatoms. The highest BCUT2D eigenvalue weighted by atomic mass is 15.3. The van der Waals surface area contributed by atoms with Crippen LogP contribution in [0.5, 0.6) is 0 Å². The molecule has 3 rings (SSSR count). The number of hydrogen-bond donors (Lipinski definition) is 0. The molecule has 1 aromatic rings. The highest BCUT2D eigenvalue weighted by molar-refractivity contribution is 5.27. The van der Waals surface area contributed by atoms with E-state index in [2.05, 4.69) is 88.9 Å². The van der Waals surface area contributed by atoms with E-state index in [1.54, 1.807) is 0 Å². The molecule has 1 aliphatic carbocycles. The standard InChI is InChI=1S/C12H18.C11H20N2.C4H8/c1-5-12(3,4)11-8-6-10(2)7-9-11;1-10(11-4-3-5-11)13-8-6-12(2)7-9-13;1-3-4-2/h6-9H,5H2,1-4H3;11H,1,3-9H2,2H3;3H,1,4H2,2H3. The molecule has 2 aliphatic rings. The maximum absolute atomic E-state index is 4.23. The van der Waals surface area contributed by atoms with Gasteiger partial charge in [-0.3, -0.25) is 0 Å². The zero-order valence-corrected chi connectivity index (χ0v) is 20.1. The summed E-state index contributed by atoms with van der Waals surface area (Å²) in [4.78, 5) is 4.88. The molecule has 0 radical (unpaired) electrons. The Labute approximate surface area is 181 Å². The predicted molar refractivity (Wildman–Crippen MR) is 131 cm³/mol. The van der Waals surface area contributed by atoms with E-state index in [1.807, 2.05) is 6.08 Å². The van der Waals surface area contributed by atoms with E-state index in [0.717, 1.165) is 12.3 Å². The molecule has 1 saturated carbocycles. The van der Waals surface area contributed by atoms with Crippen molar-refractivity contribution in [2.75, 3.05) is 33.2 Å². The Hall–Kier alpha value is -1.54. The molecule has 1 aromatic carbocycles. The van der Waals surface area contributed by atoms with Crippen molar-refractivity contribution in [3.05, 3.63) is 60.3 Å². The molecule has 2 nitrogen and oxygen atoms in total. The monoisotopic (exact) mass is 398 g/mol. The van der Waals surface area contributed by atoms with Crippen LogP contribution < -0.4 is 0 Å². The summed E-state index contributed by atoms with van der Waals surface area (Å²) in [6, 6.07) is 8.84. The molecule has 0 amide bonds. The first kappa shape index (κ1) is 25.5. The lowest BCUT2D eigenvalue weighted by atomic mass is 9.82. The fraction of sp³-hybridized carbons (Fsp3) is 0.630. The third-order valence-electron chi connectivity index (χ3n) is 6.49. The lowest BCUT2D eigenvalue weighted by Crippen LogP contribution is -2.45. The second-order valence-corrected chi connectivity index (χ2v) is 9.21. The van der Waals surface area contributed by atoms with Gasteiger partial charge in [0, 0.05) is 31.9 Å². The van der Waals surface area contributed by atoms with Gasteiger partial charge in [-0.05, 0) is 56.6 Å². The van der Waals surface area contributed by atoms with E-state index in [4.69, 9.17) is 0 Å². The first-order valence-corrected chi connectivity index (χ1v) is 11.6. The summed E-state index contributed by atoms with van der Waals surface area (Å²) in [5.74, 6) is 0.823. The van der Waals surface area contributed by atoms with Crippen molar-refractivity contribution >= 4 is 0 Å². The molecule has 0 N–H and O–H groups in total. The first-order valence-electron chi connectivity index (χ1n) is 11.6. The van der Waals surface area contributed by atoms with Crippen molar-refractivity contribution < 1.29 is 0 Å². The molecule has 1 saturated heterocycles. The van der Waals surface area contributed by atoms with E-state index < -0.39 is 0 Å². The number of benzene rings is 1. The Morgan fingerprint density at radius 2 is 1.59 bits per heavy atom. The summed E-state index contributed by atoms with van der Waals surface area (Å²) in [5, 5.41) is 0. The van der Waals surface area contributed by atoms with Crippen LogP contribution in [0.3, 0.4) is 0 Å². The Balaban J connectivity index is 0.000000247. The highest BCUT2D eigenvalue weighted by Gasteiger charge is 2.25. The van der Waals surface area contributed by atoms with Crippen LogP contribution in [0.25, 0.3) is 0 Å². The molecule has 0 aromatic heterocycles. The number of allylic oxidation sites excluding steroid dienone is 2. The molecule has 1 aliphatic heterocycles. The molecule has 29 heavy (non-hydrogen) atoms. The molecule has 164 valence electrons. The Morgan fingerprint density at radius 3 is 1.97 bits per heavy atom. The van der Waals surface area contributed by atoms with Crippen LogP contribution in [-0.4, -0.2) is 43.0 Å². The smallest absolute Gasteiger partial charge is 0.0303 e. The van der Waals surface area contributed by atoms with Gasteiger partial charge in [-0.1, -0.05) is 76.6 Å². The predicted octanol–water partition coefficient (Wildman–Crippen LogP) is 6.81. The number of piperazine rings is 1. The summed E-state index contributed by atoms with van der Waals surface area (Å²) in [5.41, 5.74) is 4.52. The number of hydrogen-bond acceptors (Lipinski definition) is 2. The first-order chi connectivity index (χ1) is 13.7. The molecule has 0 bridgehead atoms. The van der Waals surface area contributed by atoms with Crippen molar-refractivity contribution in [1.29, 1.82) is 0 Å². The van der Waals surface area contributed by atoms with Crippen LogP contribution in [0.1, 0.15) is 70.9 Å². The van der Waals surface area contributed by atoms with Gasteiger partial charge in [-0.15, -0.1) is 6.58 Å². The summed E-state index contributed by atoms with van der Waals surface area (Å²) in [7, 11) is 2.20. The minimum atomic E-state index is 0.327. The minimum Gasteiger partial charge on any atom is -0.373 e. The van der Waals surface area contributed by atoms with Crippen molar-refractivity contribution in [3.63, 3.8) is 0 Å². The Morgan fingerprint density at radius 1 is 1.07 bits per heavy atom. The van der Waals surface area contributed by atoms with E-state index in [-0.39, 0.29) is 0 Å². The van der Waals surface area contributed by atoms with E-state index in [9.17, 15) is 0 Å². The molecule has 0 unspecified atom stereocenters. The Kier molecular flexibility index (Phi) is 11.3. The molecule has 2 fully saturated rings. The van der Waals surface area contributed by atoms with Crippen LogP contribution >= 0.6 is 0 Å². The summed E-state index contributed by atoms with van der Waals surface area (Å²) >= 11 is 0.